The summed E-state index contributed by atoms with van der Waals surface area (Å²) in [7, 11) is 0. The Balaban J connectivity index is 1.75. The van der Waals surface area contributed by atoms with Crippen LogP contribution in [0.25, 0.3) is 16.8 Å². The van der Waals surface area contributed by atoms with Crippen molar-refractivity contribution in [3.05, 3.63) is 82.8 Å². The van der Waals surface area contributed by atoms with Crippen molar-refractivity contribution in [2.75, 3.05) is 4.90 Å². The number of nitrogens with zero attached hydrogens (tertiary/aromatic N) is 1. The van der Waals surface area contributed by atoms with Gasteiger partial charge in [0.05, 0.1) is 10.6 Å². The quantitative estimate of drug-likeness (QED) is 0.441. The molecule has 0 radical (unpaired) electrons. The molecule has 1 aliphatic rings. The van der Waals surface area contributed by atoms with Gasteiger partial charge in [-0.15, -0.1) is 0 Å². The van der Waals surface area contributed by atoms with E-state index in [0.717, 1.165) is 27.6 Å². The molecule has 0 saturated carbocycles. The molecule has 3 aromatic carbocycles. The molecule has 1 aliphatic heterocycles. The molecule has 0 unspecified atom stereocenters. The first-order valence-corrected chi connectivity index (χ1v) is 9.18. The highest BCUT2D eigenvalue weighted by atomic mass is 32.2. The van der Waals surface area contributed by atoms with Crippen molar-refractivity contribution in [3.63, 3.8) is 0 Å². The molecule has 1 fully saturated rings. The SMILES string of the molecule is Cc1cccc(N2C(=O)C(=Cc3cccc4ccccc34)SC2=S)c1. The maximum Gasteiger partial charge on any atom is 0.270 e. The molecule has 0 N–H and O–H groups in total. The van der Waals surface area contributed by atoms with Crippen LogP contribution in [0.2, 0.25) is 0 Å². The van der Waals surface area contributed by atoms with Crippen LogP contribution in [-0.4, -0.2) is 10.2 Å². The lowest BCUT2D eigenvalue weighted by Gasteiger charge is -2.14. The summed E-state index contributed by atoms with van der Waals surface area (Å²) in [6.07, 6.45) is 1.94. The minimum Gasteiger partial charge on any atom is -0.268 e. The van der Waals surface area contributed by atoms with Gasteiger partial charge in [-0.3, -0.25) is 9.69 Å². The average Bonchev–Trinajstić information content (AvgIpc) is 2.89. The number of amides is 1. The van der Waals surface area contributed by atoms with E-state index in [0.29, 0.717) is 9.23 Å². The molecule has 0 bridgehead atoms. The first-order valence-electron chi connectivity index (χ1n) is 7.96. The van der Waals surface area contributed by atoms with Gasteiger partial charge in [0.15, 0.2) is 4.32 Å². The van der Waals surface area contributed by atoms with E-state index < -0.39 is 0 Å². The van der Waals surface area contributed by atoms with Crippen molar-refractivity contribution in [2.24, 2.45) is 0 Å². The molecular weight excluding hydrogens is 346 g/mol. The standard InChI is InChI=1S/C21H15NOS2/c1-14-6-4-10-17(12-14)22-20(23)19(25-21(22)24)13-16-9-5-8-15-7-2-3-11-18(15)16/h2-13H,1H3. The normalized spacial score (nSPS) is 16.2. The van der Waals surface area contributed by atoms with E-state index in [9.17, 15) is 4.79 Å². The number of rotatable bonds is 2. The fourth-order valence-electron chi connectivity index (χ4n) is 2.97. The summed E-state index contributed by atoms with van der Waals surface area (Å²) in [6, 6.07) is 22.1. The Labute approximate surface area is 156 Å². The number of thiocarbonyl (C=S) groups is 1. The summed E-state index contributed by atoms with van der Waals surface area (Å²) in [5.41, 5.74) is 2.95. The lowest BCUT2D eigenvalue weighted by atomic mass is 10.0. The van der Waals surface area contributed by atoms with Gasteiger partial charge in [0.1, 0.15) is 0 Å². The van der Waals surface area contributed by atoms with Crippen molar-refractivity contribution < 1.29 is 4.79 Å². The van der Waals surface area contributed by atoms with E-state index >= 15 is 0 Å². The van der Waals surface area contributed by atoms with Gasteiger partial charge in [0.2, 0.25) is 0 Å². The van der Waals surface area contributed by atoms with E-state index in [1.165, 1.54) is 11.8 Å². The molecule has 0 atom stereocenters. The van der Waals surface area contributed by atoms with Crippen LogP contribution in [0.1, 0.15) is 11.1 Å². The van der Waals surface area contributed by atoms with Gasteiger partial charge in [-0.2, -0.15) is 0 Å². The van der Waals surface area contributed by atoms with E-state index in [1.54, 1.807) is 4.90 Å². The van der Waals surface area contributed by atoms with Crippen LogP contribution in [0.4, 0.5) is 5.69 Å². The molecule has 122 valence electrons. The van der Waals surface area contributed by atoms with Crippen LogP contribution in [0.15, 0.2) is 71.6 Å². The summed E-state index contributed by atoms with van der Waals surface area (Å²) in [4.78, 5) is 15.2. The number of anilines is 1. The molecular formula is C21H15NOS2. The highest BCUT2D eigenvalue weighted by molar-refractivity contribution is 8.27. The summed E-state index contributed by atoms with van der Waals surface area (Å²) < 4.78 is 0.571. The Morgan fingerprint density at radius 2 is 1.76 bits per heavy atom. The Morgan fingerprint density at radius 3 is 2.60 bits per heavy atom. The van der Waals surface area contributed by atoms with Crippen LogP contribution in [-0.2, 0) is 4.79 Å². The zero-order chi connectivity index (χ0) is 17.4. The second kappa shape index (κ2) is 6.47. The Hall–Kier alpha value is -2.43. The topological polar surface area (TPSA) is 20.3 Å². The Bertz CT molecular complexity index is 1030. The third-order valence-electron chi connectivity index (χ3n) is 4.16. The second-order valence-electron chi connectivity index (χ2n) is 5.92. The number of carbonyl (C=O) groups is 1. The lowest BCUT2D eigenvalue weighted by molar-refractivity contribution is -0.113. The molecule has 4 rings (SSSR count). The highest BCUT2D eigenvalue weighted by Gasteiger charge is 2.33. The number of carbonyl (C=O) groups excluding carboxylic acids is 1. The smallest absolute Gasteiger partial charge is 0.268 e. The van der Waals surface area contributed by atoms with Crippen molar-refractivity contribution in [3.8, 4) is 0 Å². The monoisotopic (exact) mass is 361 g/mol. The minimum atomic E-state index is -0.0615. The first-order chi connectivity index (χ1) is 12.1. The van der Waals surface area contributed by atoms with Gasteiger partial charge in [-0.1, -0.05) is 78.6 Å². The Kier molecular flexibility index (Phi) is 4.15. The van der Waals surface area contributed by atoms with E-state index in [-0.39, 0.29) is 5.91 Å². The molecule has 0 aromatic heterocycles. The lowest BCUT2D eigenvalue weighted by Crippen LogP contribution is -2.27. The number of hydrogen-bond donors (Lipinski definition) is 0. The average molecular weight is 361 g/mol. The van der Waals surface area contributed by atoms with E-state index in [2.05, 4.69) is 18.2 Å². The first kappa shape index (κ1) is 16.1. The van der Waals surface area contributed by atoms with Gasteiger partial charge < -0.3 is 0 Å². The van der Waals surface area contributed by atoms with Gasteiger partial charge >= 0.3 is 0 Å². The number of hydrogen-bond acceptors (Lipinski definition) is 3. The van der Waals surface area contributed by atoms with Crippen molar-refractivity contribution in [2.45, 2.75) is 6.92 Å². The molecule has 0 aliphatic carbocycles. The molecule has 0 spiro atoms. The van der Waals surface area contributed by atoms with E-state index in [4.69, 9.17) is 12.2 Å². The van der Waals surface area contributed by atoms with Crippen molar-refractivity contribution >= 4 is 56.7 Å². The summed E-state index contributed by atoms with van der Waals surface area (Å²) in [6.45, 7) is 2.01. The molecule has 1 saturated heterocycles. The molecule has 25 heavy (non-hydrogen) atoms. The van der Waals surface area contributed by atoms with Gasteiger partial charge in [0.25, 0.3) is 5.91 Å². The van der Waals surface area contributed by atoms with E-state index in [1.807, 2.05) is 61.5 Å². The zero-order valence-electron chi connectivity index (χ0n) is 13.6. The molecule has 2 nitrogen and oxygen atoms in total. The summed E-state index contributed by atoms with van der Waals surface area (Å²) in [5, 5.41) is 2.29. The van der Waals surface area contributed by atoms with Crippen LogP contribution in [0.5, 0.6) is 0 Å². The van der Waals surface area contributed by atoms with Gasteiger partial charge in [-0.25, -0.2) is 0 Å². The summed E-state index contributed by atoms with van der Waals surface area (Å²) in [5.74, 6) is -0.0615. The Morgan fingerprint density at radius 1 is 1.00 bits per heavy atom. The maximum absolute atomic E-state index is 12.9. The minimum absolute atomic E-state index is 0.0615. The molecule has 4 heteroatoms. The predicted octanol–water partition coefficient (Wildman–Crippen LogP) is 5.55. The molecule has 1 heterocycles. The zero-order valence-corrected chi connectivity index (χ0v) is 15.2. The number of benzene rings is 3. The van der Waals surface area contributed by atoms with Gasteiger partial charge in [0, 0.05) is 0 Å². The van der Waals surface area contributed by atoms with Crippen molar-refractivity contribution in [1.82, 2.24) is 0 Å². The van der Waals surface area contributed by atoms with Gasteiger partial charge in [-0.05, 0) is 47.0 Å². The number of thioether (sulfide) groups is 1. The maximum atomic E-state index is 12.9. The highest BCUT2D eigenvalue weighted by Crippen LogP contribution is 2.37. The van der Waals surface area contributed by atoms with Crippen LogP contribution in [0.3, 0.4) is 0 Å². The molecule has 1 amide bonds. The van der Waals surface area contributed by atoms with Crippen LogP contribution in [0, 0.1) is 6.92 Å². The van der Waals surface area contributed by atoms with Crippen LogP contribution < -0.4 is 4.90 Å². The largest absolute Gasteiger partial charge is 0.270 e. The van der Waals surface area contributed by atoms with Crippen LogP contribution >= 0.6 is 24.0 Å². The fourth-order valence-corrected chi connectivity index (χ4v) is 4.26. The van der Waals surface area contributed by atoms with Crippen molar-refractivity contribution in [1.29, 1.82) is 0 Å². The number of fused-ring (bicyclic) bond motifs is 1. The summed E-state index contributed by atoms with van der Waals surface area (Å²) >= 11 is 6.81. The number of aryl methyl sites for hydroxylation is 1. The molecule has 3 aromatic rings. The fraction of sp³-hybridized carbons (Fsp3) is 0.0476. The predicted molar refractivity (Wildman–Crippen MR) is 111 cm³/mol. The second-order valence-corrected chi connectivity index (χ2v) is 7.60. The third-order valence-corrected chi connectivity index (χ3v) is 5.47. The third kappa shape index (κ3) is 2.99.